The third kappa shape index (κ3) is 4.83. The zero-order valence-electron chi connectivity index (χ0n) is 17.6. The van der Waals surface area contributed by atoms with Crippen molar-refractivity contribution in [2.75, 3.05) is 11.9 Å². The lowest BCUT2D eigenvalue weighted by molar-refractivity contribution is -0.121. The smallest absolute Gasteiger partial charge is 0.251 e. The summed E-state index contributed by atoms with van der Waals surface area (Å²) in [4.78, 5) is 25.0. The predicted octanol–water partition coefficient (Wildman–Crippen LogP) is 3.73. The fourth-order valence-electron chi connectivity index (χ4n) is 3.68. The summed E-state index contributed by atoms with van der Waals surface area (Å²) < 4.78 is 7.66. The molecular weight excluding hydrogens is 392 g/mol. The lowest BCUT2D eigenvalue weighted by atomic mass is 9.96. The first-order chi connectivity index (χ1) is 15.0. The third-order valence-corrected chi connectivity index (χ3v) is 5.21. The number of ether oxygens (including phenoxy) is 1. The zero-order valence-corrected chi connectivity index (χ0v) is 17.6. The van der Waals surface area contributed by atoms with Gasteiger partial charge in [0.05, 0.1) is 23.9 Å². The van der Waals surface area contributed by atoms with Crippen LogP contribution in [0.15, 0.2) is 67.0 Å². The quantitative estimate of drug-likeness (QED) is 0.639. The minimum absolute atomic E-state index is 0.0671. The predicted molar refractivity (Wildman–Crippen MR) is 118 cm³/mol. The van der Waals surface area contributed by atoms with Gasteiger partial charge in [-0.2, -0.15) is 5.10 Å². The normalized spacial score (nSPS) is 18.2. The van der Waals surface area contributed by atoms with Gasteiger partial charge in [0.15, 0.2) is 0 Å². The molecule has 0 aliphatic carbocycles. The van der Waals surface area contributed by atoms with E-state index in [0.29, 0.717) is 24.3 Å². The molecule has 2 N–H and O–H groups in total. The molecule has 0 radical (unpaired) electrons. The van der Waals surface area contributed by atoms with E-state index in [4.69, 9.17) is 4.74 Å². The summed E-state index contributed by atoms with van der Waals surface area (Å²) in [6, 6.07) is 16.8. The third-order valence-electron chi connectivity index (χ3n) is 5.21. The molecule has 2 aromatic carbocycles. The Balaban J connectivity index is 1.43. The van der Waals surface area contributed by atoms with Crippen molar-refractivity contribution in [3.8, 4) is 5.69 Å². The Kier molecular flexibility index (Phi) is 6.13. The van der Waals surface area contributed by atoms with Crippen molar-refractivity contribution < 1.29 is 14.3 Å². The Hall–Kier alpha value is -3.45. The van der Waals surface area contributed by atoms with Gasteiger partial charge in [-0.05, 0) is 56.7 Å². The largest absolute Gasteiger partial charge is 0.373 e. The van der Waals surface area contributed by atoms with Gasteiger partial charge in [-0.15, -0.1) is 0 Å². The fourth-order valence-corrected chi connectivity index (χ4v) is 3.68. The average molecular weight is 418 g/mol. The summed E-state index contributed by atoms with van der Waals surface area (Å²) in [5.74, 6) is -0.542. The van der Waals surface area contributed by atoms with Gasteiger partial charge in [-0.3, -0.25) is 9.59 Å². The number of rotatable bonds is 6. The summed E-state index contributed by atoms with van der Waals surface area (Å²) in [5, 5.41) is 10.2. The SMILES string of the molecule is CC(C)NC(=O)c1ccc(NC(=O)[C@H]2CCO[C@@H]2c2cnn(-c3ccccc3)c2)cc1. The highest BCUT2D eigenvalue weighted by Crippen LogP contribution is 2.35. The molecule has 1 saturated heterocycles. The van der Waals surface area contributed by atoms with Crippen molar-refractivity contribution in [3.05, 3.63) is 78.1 Å². The van der Waals surface area contributed by atoms with Crippen molar-refractivity contribution in [1.29, 1.82) is 0 Å². The number of benzene rings is 2. The molecule has 1 aliphatic rings. The van der Waals surface area contributed by atoms with Crippen LogP contribution in [-0.2, 0) is 9.53 Å². The number of aromatic nitrogens is 2. The molecule has 0 unspecified atom stereocenters. The van der Waals surface area contributed by atoms with Crippen LogP contribution >= 0.6 is 0 Å². The van der Waals surface area contributed by atoms with Crippen LogP contribution in [0.1, 0.15) is 42.3 Å². The Bertz CT molecular complexity index is 1040. The molecule has 2 amide bonds. The van der Waals surface area contributed by atoms with Crippen LogP contribution < -0.4 is 10.6 Å². The molecule has 0 spiro atoms. The second-order valence-electron chi connectivity index (χ2n) is 7.94. The second-order valence-corrected chi connectivity index (χ2v) is 7.94. The van der Waals surface area contributed by atoms with Crippen LogP contribution in [0.3, 0.4) is 0 Å². The van der Waals surface area contributed by atoms with Gasteiger partial charge in [0.2, 0.25) is 5.91 Å². The lowest BCUT2D eigenvalue weighted by Gasteiger charge is -2.17. The monoisotopic (exact) mass is 418 g/mol. The average Bonchev–Trinajstić information content (AvgIpc) is 3.44. The maximum atomic E-state index is 12.9. The van der Waals surface area contributed by atoms with Gasteiger partial charge in [-0.1, -0.05) is 18.2 Å². The Labute approximate surface area is 181 Å². The topological polar surface area (TPSA) is 85.2 Å². The number of amides is 2. The molecular formula is C24H26N4O3. The Morgan fingerprint density at radius 1 is 1.10 bits per heavy atom. The molecule has 0 bridgehead atoms. The van der Waals surface area contributed by atoms with Crippen molar-refractivity contribution >= 4 is 17.5 Å². The van der Waals surface area contributed by atoms with Crippen LogP contribution in [0.25, 0.3) is 5.69 Å². The highest BCUT2D eigenvalue weighted by Gasteiger charge is 2.36. The molecule has 31 heavy (non-hydrogen) atoms. The molecule has 2 heterocycles. The minimum Gasteiger partial charge on any atom is -0.373 e. The molecule has 4 rings (SSSR count). The minimum atomic E-state index is -0.339. The second kappa shape index (κ2) is 9.14. The van der Waals surface area contributed by atoms with Crippen LogP contribution in [0, 0.1) is 5.92 Å². The Morgan fingerprint density at radius 2 is 1.84 bits per heavy atom. The van der Waals surface area contributed by atoms with E-state index in [1.54, 1.807) is 35.1 Å². The van der Waals surface area contributed by atoms with Gasteiger partial charge in [0, 0.05) is 35.7 Å². The number of nitrogens with zero attached hydrogens (tertiary/aromatic N) is 2. The van der Waals surface area contributed by atoms with Crippen molar-refractivity contribution in [3.63, 3.8) is 0 Å². The maximum Gasteiger partial charge on any atom is 0.251 e. The molecule has 2 atom stereocenters. The lowest BCUT2D eigenvalue weighted by Crippen LogP contribution is -2.30. The molecule has 1 fully saturated rings. The van der Waals surface area contributed by atoms with Gasteiger partial charge in [0.25, 0.3) is 5.91 Å². The Morgan fingerprint density at radius 3 is 2.55 bits per heavy atom. The van der Waals surface area contributed by atoms with Crippen LogP contribution in [0.2, 0.25) is 0 Å². The van der Waals surface area contributed by atoms with E-state index < -0.39 is 0 Å². The van der Waals surface area contributed by atoms with Gasteiger partial charge in [-0.25, -0.2) is 4.68 Å². The van der Waals surface area contributed by atoms with Crippen molar-refractivity contribution in [2.24, 2.45) is 5.92 Å². The van der Waals surface area contributed by atoms with E-state index in [2.05, 4.69) is 15.7 Å². The van der Waals surface area contributed by atoms with E-state index in [1.807, 2.05) is 50.4 Å². The molecule has 3 aromatic rings. The van der Waals surface area contributed by atoms with E-state index in [1.165, 1.54) is 0 Å². The van der Waals surface area contributed by atoms with Crippen LogP contribution in [0.5, 0.6) is 0 Å². The molecule has 1 aromatic heterocycles. The summed E-state index contributed by atoms with van der Waals surface area (Å²) >= 11 is 0. The van der Waals surface area contributed by atoms with Crippen molar-refractivity contribution in [2.45, 2.75) is 32.4 Å². The van der Waals surface area contributed by atoms with Crippen molar-refractivity contribution in [1.82, 2.24) is 15.1 Å². The number of hydrogen-bond acceptors (Lipinski definition) is 4. The number of carbonyl (C=O) groups is 2. The molecule has 160 valence electrons. The number of nitrogens with one attached hydrogen (secondary N) is 2. The van der Waals surface area contributed by atoms with E-state index in [9.17, 15) is 9.59 Å². The molecule has 0 saturated carbocycles. The van der Waals surface area contributed by atoms with Gasteiger partial charge in [0.1, 0.15) is 0 Å². The first kappa shape index (κ1) is 20.8. The maximum absolute atomic E-state index is 12.9. The molecule has 7 heteroatoms. The van der Waals surface area contributed by atoms with Crippen LogP contribution in [0.4, 0.5) is 5.69 Å². The number of para-hydroxylation sites is 1. The molecule has 1 aliphatic heterocycles. The molecule has 7 nitrogen and oxygen atoms in total. The van der Waals surface area contributed by atoms with Gasteiger partial charge >= 0.3 is 0 Å². The summed E-state index contributed by atoms with van der Waals surface area (Å²) in [6.45, 7) is 4.35. The summed E-state index contributed by atoms with van der Waals surface area (Å²) in [5.41, 5.74) is 3.04. The number of hydrogen-bond donors (Lipinski definition) is 2. The first-order valence-corrected chi connectivity index (χ1v) is 10.4. The van der Waals surface area contributed by atoms with Gasteiger partial charge < -0.3 is 15.4 Å². The number of carbonyl (C=O) groups excluding carboxylic acids is 2. The zero-order chi connectivity index (χ0) is 21.8. The van der Waals surface area contributed by atoms with Crippen LogP contribution in [-0.4, -0.2) is 34.2 Å². The van der Waals surface area contributed by atoms with E-state index in [-0.39, 0.29) is 29.9 Å². The fraction of sp³-hybridized carbons (Fsp3) is 0.292. The summed E-state index contributed by atoms with van der Waals surface area (Å²) in [7, 11) is 0. The van der Waals surface area contributed by atoms with E-state index >= 15 is 0 Å². The highest BCUT2D eigenvalue weighted by atomic mass is 16.5. The first-order valence-electron chi connectivity index (χ1n) is 10.4. The highest BCUT2D eigenvalue weighted by molar-refractivity contribution is 5.96. The standard InChI is InChI=1S/C24H26N4O3/c1-16(2)26-23(29)17-8-10-19(11-9-17)27-24(30)21-12-13-31-22(21)18-14-25-28(15-18)20-6-4-3-5-7-20/h3-11,14-16,21-22H,12-13H2,1-2H3,(H,26,29)(H,27,30)/t21-,22+/m0/s1. The summed E-state index contributed by atoms with van der Waals surface area (Å²) in [6.07, 6.45) is 3.97. The van der Waals surface area contributed by atoms with E-state index in [0.717, 1.165) is 11.3 Å². The number of anilines is 1.